The predicted molar refractivity (Wildman–Crippen MR) is 59.8 cm³/mol. The summed E-state index contributed by atoms with van der Waals surface area (Å²) in [4.78, 5) is 13.8. The molecule has 1 rings (SSSR count). The Kier molecular flexibility index (Phi) is 4.09. The normalized spacial score (nSPS) is 13.1. The molecule has 0 aliphatic carbocycles. The van der Waals surface area contributed by atoms with E-state index in [4.69, 9.17) is 4.42 Å². The van der Waals surface area contributed by atoms with Crippen molar-refractivity contribution >= 4 is 5.78 Å². The van der Waals surface area contributed by atoms with Crippen molar-refractivity contribution < 1.29 is 9.21 Å². The van der Waals surface area contributed by atoms with E-state index >= 15 is 0 Å². The molecule has 0 aliphatic rings. The third-order valence-corrected chi connectivity index (χ3v) is 2.76. The zero-order chi connectivity index (χ0) is 11.4. The van der Waals surface area contributed by atoms with Gasteiger partial charge in [-0.2, -0.15) is 0 Å². The molecule has 1 aromatic heterocycles. The van der Waals surface area contributed by atoms with Gasteiger partial charge in [-0.15, -0.1) is 0 Å². The van der Waals surface area contributed by atoms with Gasteiger partial charge in [0.1, 0.15) is 5.76 Å². The number of hydrogen-bond acceptors (Lipinski definition) is 3. The molecular weight excluding hydrogens is 190 g/mol. The Bertz CT molecular complexity index is 326. The molecule has 0 bridgehead atoms. The lowest BCUT2D eigenvalue weighted by atomic mass is 10.0. The van der Waals surface area contributed by atoms with Crippen LogP contribution in [-0.4, -0.2) is 23.8 Å². The number of nitrogens with zero attached hydrogens (tertiary/aromatic N) is 1. The lowest BCUT2D eigenvalue weighted by Gasteiger charge is -2.27. The molecule has 1 unspecified atom stereocenters. The molecule has 0 saturated heterocycles. The summed E-state index contributed by atoms with van der Waals surface area (Å²) in [6.45, 7) is 9.39. The predicted octanol–water partition coefficient (Wildman–Crippen LogP) is 2.56. The fourth-order valence-corrected chi connectivity index (χ4v) is 1.94. The number of furan rings is 1. The van der Waals surface area contributed by atoms with Crippen LogP contribution in [0.3, 0.4) is 0 Å². The molecule has 84 valence electrons. The maximum atomic E-state index is 11.7. The Morgan fingerprint density at radius 1 is 1.47 bits per heavy atom. The van der Waals surface area contributed by atoms with E-state index in [1.807, 2.05) is 13.0 Å². The molecule has 1 aromatic rings. The highest BCUT2D eigenvalue weighted by Crippen LogP contribution is 2.25. The molecule has 1 atom stereocenters. The largest absolute Gasteiger partial charge is 0.469 e. The van der Waals surface area contributed by atoms with Gasteiger partial charge in [0.2, 0.25) is 0 Å². The number of hydrogen-bond donors (Lipinski definition) is 0. The van der Waals surface area contributed by atoms with Gasteiger partial charge in [0, 0.05) is 5.56 Å². The van der Waals surface area contributed by atoms with Crippen LogP contribution in [0.5, 0.6) is 0 Å². The third-order valence-electron chi connectivity index (χ3n) is 2.76. The Hall–Kier alpha value is -1.09. The second-order valence-electron chi connectivity index (χ2n) is 3.67. The molecule has 3 nitrogen and oxygen atoms in total. The van der Waals surface area contributed by atoms with Crippen molar-refractivity contribution in [1.29, 1.82) is 0 Å². The van der Waals surface area contributed by atoms with E-state index in [1.165, 1.54) is 0 Å². The molecule has 0 aliphatic heterocycles. The summed E-state index contributed by atoms with van der Waals surface area (Å²) in [6.07, 6.45) is 1.64. The van der Waals surface area contributed by atoms with Gasteiger partial charge in [-0.05, 0) is 33.0 Å². The summed E-state index contributed by atoms with van der Waals surface area (Å²) in [6, 6.07) is 1.73. The molecule has 1 heterocycles. The molecule has 15 heavy (non-hydrogen) atoms. The van der Waals surface area contributed by atoms with Crippen molar-refractivity contribution in [1.82, 2.24) is 4.90 Å². The van der Waals surface area contributed by atoms with Gasteiger partial charge in [0.25, 0.3) is 0 Å². The van der Waals surface area contributed by atoms with E-state index in [9.17, 15) is 4.79 Å². The average Bonchev–Trinajstić information content (AvgIpc) is 2.60. The van der Waals surface area contributed by atoms with Crippen molar-refractivity contribution in [2.45, 2.75) is 33.7 Å². The first kappa shape index (κ1) is 12.0. The molecule has 0 saturated carbocycles. The van der Waals surface area contributed by atoms with Crippen LogP contribution in [0.2, 0.25) is 0 Å². The van der Waals surface area contributed by atoms with E-state index in [2.05, 4.69) is 18.7 Å². The Balaban J connectivity index is 3.03. The summed E-state index contributed by atoms with van der Waals surface area (Å²) in [5.74, 6) is 1.00. The minimum absolute atomic E-state index is 0.154. The molecular formula is C12H19NO2. The molecule has 0 spiro atoms. The summed E-state index contributed by atoms with van der Waals surface area (Å²) >= 11 is 0. The number of Topliss-reactive ketones (excluding diaryl/α,β-unsaturated/α-hetero) is 1. The number of rotatable bonds is 5. The van der Waals surface area contributed by atoms with E-state index < -0.39 is 0 Å². The number of carbonyl (C=O) groups excluding carboxylic acids is 1. The third kappa shape index (κ3) is 2.48. The van der Waals surface area contributed by atoms with Crippen LogP contribution in [-0.2, 0) is 4.79 Å². The van der Waals surface area contributed by atoms with Crippen molar-refractivity contribution in [3.63, 3.8) is 0 Å². The highest BCUT2D eigenvalue weighted by molar-refractivity contribution is 5.83. The van der Waals surface area contributed by atoms with E-state index in [0.717, 1.165) is 24.4 Å². The molecule has 0 N–H and O–H groups in total. The first-order chi connectivity index (χ1) is 7.11. The monoisotopic (exact) mass is 209 g/mol. The molecule has 0 amide bonds. The van der Waals surface area contributed by atoms with Crippen LogP contribution in [0.25, 0.3) is 0 Å². The molecule has 0 aromatic carbocycles. The van der Waals surface area contributed by atoms with Gasteiger partial charge >= 0.3 is 0 Å². The molecule has 0 fully saturated rings. The zero-order valence-electron chi connectivity index (χ0n) is 9.91. The van der Waals surface area contributed by atoms with Crippen molar-refractivity contribution in [3.8, 4) is 0 Å². The molecule has 3 heteroatoms. The fourth-order valence-electron chi connectivity index (χ4n) is 1.94. The van der Waals surface area contributed by atoms with Gasteiger partial charge in [-0.25, -0.2) is 0 Å². The quantitative estimate of drug-likeness (QED) is 0.747. The van der Waals surface area contributed by atoms with Crippen molar-refractivity contribution in [2.75, 3.05) is 13.1 Å². The van der Waals surface area contributed by atoms with Crippen molar-refractivity contribution in [3.05, 3.63) is 23.7 Å². The maximum Gasteiger partial charge on any atom is 0.151 e. The Morgan fingerprint density at radius 3 is 2.40 bits per heavy atom. The first-order valence-electron chi connectivity index (χ1n) is 5.40. The van der Waals surface area contributed by atoms with Gasteiger partial charge < -0.3 is 4.42 Å². The molecule has 0 radical (unpaired) electrons. The summed E-state index contributed by atoms with van der Waals surface area (Å²) in [5.41, 5.74) is 0.992. The van der Waals surface area contributed by atoms with Crippen molar-refractivity contribution in [2.24, 2.45) is 0 Å². The van der Waals surface area contributed by atoms with E-state index in [0.29, 0.717) is 0 Å². The van der Waals surface area contributed by atoms with Crippen LogP contribution in [0.15, 0.2) is 16.7 Å². The fraction of sp³-hybridized carbons (Fsp3) is 0.583. The van der Waals surface area contributed by atoms with Crippen LogP contribution in [0, 0.1) is 6.92 Å². The van der Waals surface area contributed by atoms with Crippen LogP contribution in [0.4, 0.5) is 0 Å². The van der Waals surface area contributed by atoms with Gasteiger partial charge in [-0.3, -0.25) is 9.69 Å². The first-order valence-corrected chi connectivity index (χ1v) is 5.40. The summed E-state index contributed by atoms with van der Waals surface area (Å²) in [5, 5.41) is 0. The van der Waals surface area contributed by atoms with E-state index in [1.54, 1.807) is 13.2 Å². The van der Waals surface area contributed by atoms with Gasteiger partial charge in [0.15, 0.2) is 5.78 Å². The topological polar surface area (TPSA) is 33.5 Å². The highest BCUT2D eigenvalue weighted by Gasteiger charge is 2.25. The lowest BCUT2D eigenvalue weighted by Crippen LogP contribution is -2.33. The average molecular weight is 209 g/mol. The maximum absolute atomic E-state index is 11.7. The highest BCUT2D eigenvalue weighted by atomic mass is 16.3. The standard InChI is InChI=1S/C12H19NO2/c1-5-13(6-2)12(9(3)14)11-7-8-15-10(11)4/h7-8,12H,5-6H2,1-4H3. The lowest BCUT2D eigenvalue weighted by molar-refractivity contribution is -0.122. The minimum Gasteiger partial charge on any atom is -0.469 e. The van der Waals surface area contributed by atoms with Crippen LogP contribution < -0.4 is 0 Å². The van der Waals surface area contributed by atoms with E-state index in [-0.39, 0.29) is 11.8 Å². The van der Waals surface area contributed by atoms with Crippen LogP contribution in [0.1, 0.15) is 38.1 Å². The second kappa shape index (κ2) is 5.12. The number of likely N-dealkylation sites (N-methyl/N-ethyl adjacent to an activating group) is 1. The second-order valence-corrected chi connectivity index (χ2v) is 3.67. The van der Waals surface area contributed by atoms with Crippen LogP contribution >= 0.6 is 0 Å². The number of aryl methyl sites for hydroxylation is 1. The van der Waals surface area contributed by atoms with Gasteiger partial charge in [-0.1, -0.05) is 13.8 Å². The summed E-state index contributed by atoms with van der Waals surface area (Å²) in [7, 11) is 0. The SMILES string of the molecule is CCN(CC)C(C(C)=O)c1ccoc1C. The number of ketones is 1. The smallest absolute Gasteiger partial charge is 0.151 e. The minimum atomic E-state index is -0.154. The number of carbonyl (C=O) groups is 1. The Morgan fingerprint density at radius 2 is 2.07 bits per heavy atom. The zero-order valence-corrected chi connectivity index (χ0v) is 9.91. The Labute approximate surface area is 91.1 Å². The van der Waals surface area contributed by atoms with Gasteiger partial charge in [0.05, 0.1) is 12.3 Å². The summed E-state index contributed by atoms with van der Waals surface area (Å²) < 4.78 is 5.26.